The highest BCUT2D eigenvalue weighted by molar-refractivity contribution is 6.76. The summed E-state index contributed by atoms with van der Waals surface area (Å²) >= 11 is 0. The van der Waals surface area contributed by atoms with Gasteiger partial charge in [-0.05, 0) is 35.6 Å². The largest absolute Gasteiger partial charge is 0.299 e. The molecule has 3 aliphatic rings. The van der Waals surface area contributed by atoms with Gasteiger partial charge in [-0.2, -0.15) is 0 Å². The van der Waals surface area contributed by atoms with Gasteiger partial charge < -0.3 is 0 Å². The van der Waals surface area contributed by atoms with Gasteiger partial charge in [-0.25, -0.2) is 0 Å². The molecule has 1 aliphatic heterocycles. The lowest BCUT2D eigenvalue weighted by atomic mass is 9.91. The third kappa shape index (κ3) is 2.79. The third-order valence-electron chi connectivity index (χ3n) is 6.06. The summed E-state index contributed by atoms with van der Waals surface area (Å²) in [5.74, 6) is 3.21. The van der Waals surface area contributed by atoms with Crippen molar-refractivity contribution in [2.45, 2.75) is 38.9 Å². The van der Waals surface area contributed by atoms with Crippen LogP contribution in [0.4, 0.5) is 0 Å². The smallest absolute Gasteiger partial charge is 0.129 e. The topological polar surface area (TPSA) is 27.3 Å². The van der Waals surface area contributed by atoms with Crippen LogP contribution >= 0.6 is 0 Å². The van der Waals surface area contributed by atoms with Crippen molar-refractivity contribution in [2.24, 2.45) is 23.7 Å². The Morgan fingerprint density at radius 3 is 2.43 bits per heavy atom. The molecule has 21 heavy (non-hydrogen) atoms. The van der Waals surface area contributed by atoms with Crippen molar-refractivity contribution in [3.63, 3.8) is 0 Å². The Balaban J connectivity index is 1.88. The molecule has 3 rings (SSSR count). The maximum absolute atomic E-state index is 3.50. The molecule has 4 atom stereocenters. The highest BCUT2D eigenvalue weighted by atomic mass is 28.3. The van der Waals surface area contributed by atoms with Crippen LogP contribution in [-0.2, 0) is 0 Å². The fourth-order valence-corrected chi connectivity index (χ4v) is 9.19. The third-order valence-corrected chi connectivity index (χ3v) is 10.5. The predicted octanol–water partition coefficient (Wildman–Crippen LogP) is 2.96. The first-order chi connectivity index (χ1) is 10.0. The van der Waals surface area contributed by atoms with E-state index in [0.29, 0.717) is 0 Å². The maximum Gasteiger partial charge on any atom is 0.129 e. The Morgan fingerprint density at radius 1 is 1.10 bits per heavy atom. The van der Waals surface area contributed by atoms with Crippen molar-refractivity contribution in [2.75, 3.05) is 20.0 Å². The Morgan fingerprint density at radius 2 is 1.76 bits per heavy atom. The van der Waals surface area contributed by atoms with Crippen LogP contribution in [0, 0.1) is 23.7 Å². The van der Waals surface area contributed by atoms with Gasteiger partial charge in [0.2, 0.25) is 0 Å². The Hall–Kier alpha value is -0.423. The molecule has 0 aromatic heterocycles. The van der Waals surface area contributed by atoms with Crippen LogP contribution in [0.3, 0.4) is 0 Å². The summed E-state index contributed by atoms with van der Waals surface area (Å²) in [5.41, 5.74) is 0.866. The fourth-order valence-electron chi connectivity index (χ4n) is 4.86. The molecule has 0 bridgehead atoms. The lowest BCUT2D eigenvalue weighted by Gasteiger charge is -2.47. The highest BCUT2D eigenvalue weighted by Crippen LogP contribution is 2.55. The first kappa shape index (κ1) is 15.5. The second-order valence-electron chi connectivity index (χ2n) is 7.87. The van der Waals surface area contributed by atoms with Crippen molar-refractivity contribution >= 4 is 8.24 Å². The van der Waals surface area contributed by atoms with Gasteiger partial charge in [0.05, 0.1) is 0 Å². The van der Waals surface area contributed by atoms with Crippen molar-refractivity contribution in [1.82, 2.24) is 15.2 Å². The fraction of sp³-hybridized carbons (Fsp3) is 0.765. The molecule has 0 radical (unpaired) electrons. The molecule has 2 aliphatic carbocycles. The van der Waals surface area contributed by atoms with Gasteiger partial charge in [0.15, 0.2) is 0 Å². The number of allylic oxidation sites excluding steroid dienone is 4. The van der Waals surface area contributed by atoms with E-state index in [2.05, 4.69) is 66.4 Å². The molecular formula is C17H31N3Si. The molecule has 0 aromatic rings. The normalized spacial score (nSPS) is 37.2. The lowest BCUT2D eigenvalue weighted by Crippen LogP contribution is -2.63. The Kier molecular flexibility index (Phi) is 4.41. The number of nitrogens with one attached hydrogen (secondary N) is 2. The van der Waals surface area contributed by atoms with Crippen molar-refractivity contribution in [3.8, 4) is 0 Å². The summed E-state index contributed by atoms with van der Waals surface area (Å²) in [5, 5.41) is 7.00. The number of fused-ring (bicyclic) bond motifs is 1. The van der Waals surface area contributed by atoms with Crippen LogP contribution in [0.25, 0.3) is 0 Å². The molecule has 0 amide bonds. The molecule has 1 heterocycles. The van der Waals surface area contributed by atoms with E-state index in [9.17, 15) is 0 Å². The SMILES string of the molecule is CC(C)C1CC2C=CC=CC2C1[Si](C)(C)N1CNCNC1. The summed E-state index contributed by atoms with van der Waals surface area (Å²) in [4.78, 5) is 0. The van der Waals surface area contributed by atoms with Crippen LogP contribution in [0.1, 0.15) is 20.3 Å². The minimum Gasteiger partial charge on any atom is -0.299 e. The lowest BCUT2D eigenvalue weighted by molar-refractivity contribution is 0.272. The van der Waals surface area contributed by atoms with Gasteiger partial charge in [-0.3, -0.25) is 15.2 Å². The molecule has 118 valence electrons. The van der Waals surface area contributed by atoms with Crippen molar-refractivity contribution in [1.29, 1.82) is 0 Å². The van der Waals surface area contributed by atoms with Crippen LogP contribution in [-0.4, -0.2) is 32.8 Å². The number of hydrogen-bond donors (Lipinski definition) is 2. The van der Waals surface area contributed by atoms with Gasteiger partial charge in [-0.15, -0.1) is 0 Å². The van der Waals surface area contributed by atoms with Crippen molar-refractivity contribution in [3.05, 3.63) is 24.3 Å². The molecule has 0 spiro atoms. The zero-order valence-corrected chi connectivity index (χ0v) is 15.0. The highest BCUT2D eigenvalue weighted by Gasteiger charge is 2.52. The first-order valence-electron chi connectivity index (χ1n) is 8.53. The molecule has 2 N–H and O–H groups in total. The molecule has 1 saturated heterocycles. The van der Waals surface area contributed by atoms with E-state index in [1.54, 1.807) is 0 Å². The second kappa shape index (κ2) is 5.99. The quantitative estimate of drug-likeness (QED) is 0.785. The summed E-state index contributed by atoms with van der Waals surface area (Å²) < 4.78 is 2.73. The second-order valence-corrected chi connectivity index (χ2v) is 12.5. The zero-order chi connectivity index (χ0) is 15.0. The standard InChI is InChI=1S/C17H31N3Si/c1-13(2)16-9-14-7-5-6-8-15(14)17(16)21(3,4)20-11-18-10-19-12-20/h5-8,13-19H,9-12H2,1-4H3. The number of hydrogen-bond acceptors (Lipinski definition) is 3. The summed E-state index contributed by atoms with van der Waals surface area (Å²) in [7, 11) is -1.48. The van der Waals surface area contributed by atoms with Gasteiger partial charge in [0, 0.05) is 20.0 Å². The van der Waals surface area contributed by atoms with Crippen LogP contribution in [0.5, 0.6) is 0 Å². The van der Waals surface area contributed by atoms with Crippen LogP contribution in [0.15, 0.2) is 24.3 Å². The molecule has 4 heteroatoms. The molecule has 3 nitrogen and oxygen atoms in total. The molecule has 0 aromatic carbocycles. The van der Waals surface area contributed by atoms with E-state index < -0.39 is 8.24 Å². The van der Waals surface area contributed by atoms with Gasteiger partial charge in [0.1, 0.15) is 8.24 Å². The average molecular weight is 306 g/mol. The first-order valence-corrected chi connectivity index (χ1v) is 11.6. The molecule has 4 unspecified atom stereocenters. The van der Waals surface area contributed by atoms with E-state index in [0.717, 1.165) is 49.2 Å². The van der Waals surface area contributed by atoms with E-state index in [1.807, 2.05) is 0 Å². The minimum atomic E-state index is -1.48. The van der Waals surface area contributed by atoms with E-state index >= 15 is 0 Å². The molecule has 2 fully saturated rings. The molecule has 1 saturated carbocycles. The van der Waals surface area contributed by atoms with Gasteiger partial charge in [-0.1, -0.05) is 51.2 Å². The van der Waals surface area contributed by atoms with Crippen LogP contribution in [0.2, 0.25) is 18.6 Å². The predicted molar refractivity (Wildman–Crippen MR) is 92.1 cm³/mol. The summed E-state index contributed by atoms with van der Waals surface area (Å²) in [6.45, 7) is 13.1. The van der Waals surface area contributed by atoms with Gasteiger partial charge >= 0.3 is 0 Å². The van der Waals surface area contributed by atoms with Crippen molar-refractivity contribution < 1.29 is 0 Å². The van der Waals surface area contributed by atoms with E-state index in [4.69, 9.17) is 0 Å². The number of nitrogens with zero attached hydrogens (tertiary/aromatic N) is 1. The maximum atomic E-state index is 3.50. The van der Waals surface area contributed by atoms with E-state index in [-0.39, 0.29) is 0 Å². The number of rotatable bonds is 3. The zero-order valence-electron chi connectivity index (χ0n) is 14.0. The van der Waals surface area contributed by atoms with Crippen LogP contribution < -0.4 is 10.6 Å². The monoisotopic (exact) mass is 305 g/mol. The van der Waals surface area contributed by atoms with Gasteiger partial charge in [0.25, 0.3) is 0 Å². The van der Waals surface area contributed by atoms with E-state index in [1.165, 1.54) is 6.42 Å². The summed E-state index contributed by atoms with van der Waals surface area (Å²) in [6.07, 6.45) is 10.9. The Bertz CT molecular complexity index is 424. The molecular weight excluding hydrogens is 274 g/mol. The summed E-state index contributed by atoms with van der Waals surface area (Å²) in [6, 6.07) is 0. The Labute approximate surface area is 131 Å². The average Bonchev–Trinajstić information content (AvgIpc) is 2.88. The minimum absolute atomic E-state index is 0.769.